The van der Waals surface area contributed by atoms with Crippen LogP contribution < -0.4 is 15.8 Å². The molecular formula is C14H13BrN2O3. The summed E-state index contributed by atoms with van der Waals surface area (Å²) in [7, 11) is 1.45. The van der Waals surface area contributed by atoms with Gasteiger partial charge in [-0.05, 0) is 30.3 Å². The minimum atomic E-state index is -0.348. The second kappa shape index (κ2) is 5.83. The van der Waals surface area contributed by atoms with Crippen LogP contribution in [-0.4, -0.2) is 18.1 Å². The summed E-state index contributed by atoms with van der Waals surface area (Å²) >= 11 is 3.28. The fourth-order valence-corrected chi connectivity index (χ4v) is 2.09. The van der Waals surface area contributed by atoms with E-state index in [4.69, 9.17) is 10.5 Å². The highest BCUT2D eigenvalue weighted by Gasteiger charge is 2.11. The number of rotatable bonds is 3. The zero-order chi connectivity index (χ0) is 14.7. The third kappa shape index (κ3) is 3.03. The fraction of sp³-hybridized carbons (Fsp3) is 0.0714. The molecule has 0 aromatic heterocycles. The maximum absolute atomic E-state index is 12.1. The van der Waals surface area contributed by atoms with Crippen molar-refractivity contribution in [2.45, 2.75) is 0 Å². The van der Waals surface area contributed by atoms with Gasteiger partial charge in [0.25, 0.3) is 5.91 Å². The molecule has 2 aromatic rings. The van der Waals surface area contributed by atoms with E-state index in [0.717, 1.165) is 4.47 Å². The molecule has 20 heavy (non-hydrogen) atoms. The van der Waals surface area contributed by atoms with Crippen molar-refractivity contribution in [2.24, 2.45) is 0 Å². The number of carbonyl (C=O) groups excluding carboxylic acids is 1. The van der Waals surface area contributed by atoms with Gasteiger partial charge in [0.1, 0.15) is 0 Å². The van der Waals surface area contributed by atoms with Crippen LogP contribution in [0.5, 0.6) is 11.5 Å². The molecule has 2 aromatic carbocycles. The molecule has 0 aliphatic heterocycles. The molecule has 0 spiro atoms. The lowest BCUT2D eigenvalue weighted by molar-refractivity contribution is 0.102. The van der Waals surface area contributed by atoms with Gasteiger partial charge in [-0.25, -0.2) is 0 Å². The molecule has 0 heterocycles. The van der Waals surface area contributed by atoms with Crippen molar-refractivity contribution in [3.8, 4) is 11.5 Å². The zero-order valence-electron chi connectivity index (χ0n) is 10.7. The van der Waals surface area contributed by atoms with Crippen LogP contribution in [0.3, 0.4) is 0 Å². The lowest BCUT2D eigenvalue weighted by Crippen LogP contribution is -2.13. The molecule has 2 rings (SSSR count). The molecule has 0 aliphatic carbocycles. The second-order valence-electron chi connectivity index (χ2n) is 4.07. The Kier molecular flexibility index (Phi) is 4.14. The Hall–Kier alpha value is -2.21. The van der Waals surface area contributed by atoms with Crippen LogP contribution in [0, 0.1) is 0 Å². The first-order valence-electron chi connectivity index (χ1n) is 5.74. The van der Waals surface area contributed by atoms with Crippen LogP contribution in [0.25, 0.3) is 0 Å². The highest BCUT2D eigenvalue weighted by molar-refractivity contribution is 9.10. The fourth-order valence-electron chi connectivity index (χ4n) is 1.71. The van der Waals surface area contributed by atoms with E-state index in [-0.39, 0.29) is 11.7 Å². The minimum Gasteiger partial charge on any atom is -0.504 e. The lowest BCUT2D eigenvalue weighted by Gasteiger charge is -2.09. The summed E-state index contributed by atoms with van der Waals surface area (Å²) in [6.07, 6.45) is 0. The highest BCUT2D eigenvalue weighted by Crippen LogP contribution is 2.29. The SMILES string of the molecule is COc1ccc(NC(=O)c2ccc(Br)cc2N)cc1O. The highest BCUT2D eigenvalue weighted by atomic mass is 79.9. The van der Waals surface area contributed by atoms with Crippen molar-refractivity contribution < 1.29 is 14.6 Å². The Labute approximate surface area is 124 Å². The summed E-state index contributed by atoms with van der Waals surface area (Å²) in [4.78, 5) is 12.1. The Bertz CT molecular complexity index is 659. The third-order valence-corrected chi connectivity index (χ3v) is 3.19. The lowest BCUT2D eigenvalue weighted by atomic mass is 10.1. The van der Waals surface area contributed by atoms with Crippen LogP contribution in [0.2, 0.25) is 0 Å². The molecule has 0 unspecified atom stereocenters. The third-order valence-electron chi connectivity index (χ3n) is 2.69. The zero-order valence-corrected chi connectivity index (χ0v) is 12.3. The number of halogens is 1. The largest absolute Gasteiger partial charge is 0.504 e. The number of carbonyl (C=O) groups is 1. The number of nitrogens with one attached hydrogen (secondary N) is 1. The van der Waals surface area contributed by atoms with Crippen molar-refractivity contribution in [2.75, 3.05) is 18.2 Å². The van der Waals surface area contributed by atoms with E-state index >= 15 is 0 Å². The number of ether oxygens (including phenoxy) is 1. The van der Waals surface area contributed by atoms with E-state index in [9.17, 15) is 9.90 Å². The molecule has 104 valence electrons. The number of anilines is 2. The van der Waals surface area contributed by atoms with Gasteiger partial charge in [-0.1, -0.05) is 15.9 Å². The van der Waals surface area contributed by atoms with Gasteiger partial charge < -0.3 is 20.9 Å². The monoisotopic (exact) mass is 336 g/mol. The first-order valence-corrected chi connectivity index (χ1v) is 6.54. The van der Waals surface area contributed by atoms with E-state index in [2.05, 4.69) is 21.2 Å². The summed E-state index contributed by atoms with van der Waals surface area (Å²) in [5.41, 5.74) is 6.98. The van der Waals surface area contributed by atoms with Gasteiger partial charge in [0, 0.05) is 21.9 Å². The predicted octanol–water partition coefficient (Wildman–Crippen LogP) is 3.00. The minimum absolute atomic E-state index is 0.0471. The molecule has 4 N–H and O–H groups in total. The number of nitrogen functional groups attached to an aromatic ring is 1. The molecule has 0 saturated carbocycles. The van der Waals surface area contributed by atoms with Crippen molar-refractivity contribution in [1.82, 2.24) is 0 Å². The van der Waals surface area contributed by atoms with E-state index in [1.54, 1.807) is 30.3 Å². The van der Waals surface area contributed by atoms with Gasteiger partial charge in [-0.3, -0.25) is 4.79 Å². The van der Waals surface area contributed by atoms with E-state index in [1.807, 2.05) is 0 Å². The summed E-state index contributed by atoms with van der Waals surface area (Å²) < 4.78 is 5.73. The van der Waals surface area contributed by atoms with Crippen molar-refractivity contribution >= 4 is 33.2 Å². The van der Waals surface area contributed by atoms with E-state index in [1.165, 1.54) is 13.2 Å². The normalized spacial score (nSPS) is 10.1. The van der Waals surface area contributed by atoms with Crippen molar-refractivity contribution in [3.05, 3.63) is 46.4 Å². The average Bonchev–Trinajstić information content (AvgIpc) is 2.38. The number of phenolic OH excluding ortho intramolecular Hbond substituents is 1. The van der Waals surface area contributed by atoms with Gasteiger partial charge in [0.15, 0.2) is 11.5 Å². The number of nitrogens with two attached hydrogens (primary N) is 1. The second-order valence-corrected chi connectivity index (χ2v) is 4.99. The van der Waals surface area contributed by atoms with Gasteiger partial charge in [0.05, 0.1) is 12.7 Å². The van der Waals surface area contributed by atoms with Crippen molar-refractivity contribution in [3.63, 3.8) is 0 Å². The topological polar surface area (TPSA) is 84.6 Å². The van der Waals surface area contributed by atoms with Crippen LogP contribution in [0.4, 0.5) is 11.4 Å². The van der Waals surface area contributed by atoms with Gasteiger partial charge >= 0.3 is 0 Å². The molecule has 0 bridgehead atoms. The van der Waals surface area contributed by atoms with Crippen molar-refractivity contribution in [1.29, 1.82) is 0 Å². The summed E-state index contributed by atoms with van der Waals surface area (Å²) in [5, 5.41) is 12.3. The number of methoxy groups -OCH3 is 1. The Morgan fingerprint density at radius 2 is 2.05 bits per heavy atom. The standard InChI is InChI=1S/C14H13BrN2O3/c1-20-13-5-3-9(7-12(13)18)17-14(19)10-4-2-8(15)6-11(10)16/h2-7,18H,16H2,1H3,(H,17,19). The van der Waals surface area contributed by atoms with Gasteiger partial charge in [-0.2, -0.15) is 0 Å². The first kappa shape index (κ1) is 14.2. The molecule has 0 saturated heterocycles. The maximum Gasteiger partial charge on any atom is 0.257 e. The Balaban J connectivity index is 2.21. The number of phenols is 1. The summed E-state index contributed by atoms with van der Waals surface area (Å²) in [6.45, 7) is 0. The molecular weight excluding hydrogens is 324 g/mol. The van der Waals surface area contributed by atoms with Crippen LogP contribution in [0.1, 0.15) is 10.4 Å². The smallest absolute Gasteiger partial charge is 0.257 e. The Morgan fingerprint density at radius 3 is 2.65 bits per heavy atom. The number of benzene rings is 2. The summed E-state index contributed by atoms with van der Waals surface area (Å²) in [6, 6.07) is 9.61. The van der Waals surface area contributed by atoms with E-state index in [0.29, 0.717) is 22.7 Å². The van der Waals surface area contributed by atoms with Crippen LogP contribution in [-0.2, 0) is 0 Å². The average molecular weight is 337 g/mol. The number of amides is 1. The van der Waals surface area contributed by atoms with Crippen LogP contribution >= 0.6 is 15.9 Å². The van der Waals surface area contributed by atoms with Gasteiger partial charge in [-0.15, -0.1) is 0 Å². The molecule has 0 radical (unpaired) electrons. The molecule has 5 nitrogen and oxygen atoms in total. The predicted molar refractivity (Wildman–Crippen MR) is 81.2 cm³/mol. The van der Waals surface area contributed by atoms with E-state index < -0.39 is 0 Å². The molecule has 0 fully saturated rings. The molecule has 1 amide bonds. The Morgan fingerprint density at radius 1 is 1.30 bits per heavy atom. The molecule has 6 heteroatoms. The first-order chi connectivity index (χ1) is 9.51. The van der Waals surface area contributed by atoms with Crippen LogP contribution in [0.15, 0.2) is 40.9 Å². The van der Waals surface area contributed by atoms with Gasteiger partial charge in [0.2, 0.25) is 0 Å². The number of hydrogen-bond donors (Lipinski definition) is 3. The number of hydrogen-bond acceptors (Lipinski definition) is 4. The molecule has 0 aliphatic rings. The maximum atomic E-state index is 12.1. The quantitative estimate of drug-likeness (QED) is 0.752. The number of aromatic hydroxyl groups is 1. The molecule has 0 atom stereocenters. The summed E-state index contributed by atoms with van der Waals surface area (Å²) in [5.74, 6) is -0.0557.